The third-order valence-electron chi connectivity index (χ3n) is 5.47. The van der Waals surface area contributed by atoms with Crippen molar-refractivity contribution in [1.29, 1.82) is 0 Å². The van der Waals surface area contributed by atoms with Gasteiger partial charge in [-0.25, -0.2) is 4.79 Å². The molecule has 0 aromatic heterocycles. The van der Waals surface area contributed by atoms with Gasteiger partial charge < -0.3 is 14.2 Å². The Labute approximate surface area is 237 Å². The SMILES string of the molecule is COC(=O)C(c1ccccc1)N1C(=O)/C(=C/c2cc(Br)c(OCc3ccc(Cl)cc3)c(OC)c2)SC1=S. The predicted molar refractivity (Wildman–Crippen MR) is 153 cm³/mol. The number of nitrogens with zero attached hydrogens (tertiary/aromatic N) is 1. The van der Waals surface area contributed by atoms with E-state index < -0.39 is 12.0 Å². The molecule has 1 aliphatic rings. The lowest BCUT2D eigenvalue weighted by molar-refractivity contribution is -0.148. The highest BCUT2D eigenvalue weighted by molar-refractivity contribution is 9.10. The number of amides is 1. The monoisotopic (exact) mass is 617 g/mol. The van der Waals surface area contributed by atoms with Gasteiger partial charge in [0.1, 0.15) is 10.9 Å². The van der Waals surface area contributed by atoms with Gasteiger partial charge in [0.25, 0.3) is 5.91 Å². The maximum Gasteiger partial charge on any atom is 0.333 e. The normalized spacial score (nSPS) is 15.1. The van der Waals surface area contributed by atoms with E-state index in [0.29, 0.717) is 43.6 Å². The molecule has 1 amide bonds. The van der Waals surface area contributed by atoms with Crippen LogP contribution in [-0.4, -0.2) is 35.3 Å². The van der Waals surface area contributed by atoms with Crippen molar-refractivity contribution >= 4 is 73.8 Å². The van der Waals surface area contributed by atoms with Crippen molar-refractivity contribution in [3.8, 4) is 11.5 Å². The number of hydrogen-bond donors (Lipinski definition) is 0. The highest BCUT2D eigenvalue weighted by atomic mass is 79.9. The standard InChI is InChI=1S/C27H21BrClNO5S2/c1-33-21-13-17(12-20(28)24(21)35-15-16-8-10-19(29)11-9-16)14-22-25(31)30(27(36)37-22)23(26(32)34-2)18-6-4-3-5-7-18/h3-14,23H,15H2,1-2H3/b22-14-. The summed E-state index contributed by atoms with van der Waals surface area (Å²) in [6.45, 7) is 0.318. The Morgan fingerprint density at radius 2 is 1.84 bits per heavy atom. The molecule has 1 fully saturated rings. The average Bonchev–Trinajstić information content (AvgIpc) is 3.17. The Bertz CT molecular complexity index is 1370. The second-order valence-corrected chi connectivity index (χ2v) is 10.8. The van der Waals surface area contributed by atoms with Crippen LogP contribution in [0.25, 0.3) is 6.08 Å². The summed E-state index contributed by atoms with van der Waals surface area (Å²) in [5, 5.41) is 0.652. The van der Waals surface area contributed by atoms with Crippen molar-refractivity contribution < 1.29 is 23.8 Å². The summed E-state index contributed by atoms with van der Waals surface area (Å²) in [6, 6.07) is 18.9. The van der Waals surface area contributed by atoms with E-state index in [0.717, 1.165) is 17.3 Å². The molecule has 0 saturated carbocycles. The Kier molecular flexibility index (Phi) is 8.91. The first-order valence-electron chi connectivity index (χ1n) is 11.0. The van der Waals surface area contributed by atoms with E-state index in [2.05, 4.69) is 15.9 Å². The third kappa shape index (κ3) is 6.18. The van der Waals surface area contributed by atoms with Gasteiger partial charge in [-0.1, -0.05) is 78.0 Å². The van der Waals surface area contributed by atoms with Crippen LogP contribution >= 0.6 is 51.5 Å². The van der Waals surface area contributed by atoms with Gasteiger partial charge in [-0.15, -0.1) is 0 Å². The molecule has 6 nitrogen and oxygen atoms in total. The number of thiocarbonyl (C=S) groups is 1. The number of rotatable bonds is 8. The summed E-state index contributed by atoms with van der Waals surface area (Å²) >= 11 is 16.1. The van der Waals surface area contributed by atoms with Crippen LogP contribution in [0.5, 0.6) is 11.5 Å². The maximum atomic E-state index is 13.4. The lowest BCUT2D eigenvalue weighted by Gasteiger charge is -2.24. The fraction of sp³-hybridized carbons (Fsp3) is 0.148. The fourth-order valence-corrected chi connectivity index (χ4v) is 5.70. The third-order valence-corrected chi connectivity index (χ3v) is 7.64. The Morgan fingerprint density at radius 3 is 2.49 bits per heavy atom. The number of methoxy groups -OCH3 is 2. The lowest BCUT2D eigenvalue weighted by Crippen LogP contribution is -2.37. The van der Waals surface area contributed by atoms with E-state index in [-0.39, 0.29) is 10.2 Å². The number of hydrogen-bond acceptors (Lipinski definition) is 7. The zero-order valence-corrected chi connectivity index (χ0v) is 23.7. The molecule has 1 unspecified atom stereocenters. The van der Waals surface area contributed by atoms with Gasteiger partial charge in [0.2, 0.25) is 0 Å². The number of esters is 1. The van der Waals surface area contributed by atoms with Crippen LogP contribution < -0.4 is 9.47 Å². The largest absolute Gasteiger partial charge is 0.493 e. The van der Waals surface area contributed by atoms with E-state index >= 15 is 0 Å². The zero-order chi connectivity index (χ0) is 26.5. The minimum Gasteiger partial charge on any atom is -0.493 e. The predicted octanol–water partition coefficient (Wildman–Crippen LogP) is 6.81. The summed E-state index contributed by atoms with van der Waals surface area (Å²) in [5.41, 5.74) is 2.25. The van der Waals surface area contributed by atoms with E-state index in [9.17, 15) is 9.59 Å². The van der Waals surface area contributed by atoms with Crippen molar-refractivity contribution in [2.24, 2.45) is 0 Å². The van der Waals surface area contributed by atoms with Crippen molar-refractivity contribution in [2.75, 3.05) is 14.2 Å². The molecular weight excluding hydrogens is 598 g/mol. The van der Waals surface area contributed by atoms with Crippen LogP contribution in [-0.2, 0) is 20.9 Å². The number of carbonyl (C=O) groups excluding carboxylic acids is 2. The molecule has 1 heterocycles. The molecule has 4 rings (SSSR count). The quantitative estimate of drug-likeness (QED) is 0.156. The summed E-state index contributed by atoms with van der Waals surface area (Å²) < 4.78 is 17.5. The molecule has 0 radical (unpaired) electrons. The lowest BCUT2D eigenvalue weighted by atomic mass is 10.1. The van der Waals surface area contributed by atoms with Crippen LogP contribution in [0, 0.1) is 0 Å². The minimum atomic E-state index is -0.977. The number of ether oxygens (including phenoxy) is 3. The van der Waals surface area contributed by atoms with Crippen LogP contribution in [0.2, 0.25) is 5.02 Å². The van der Waals surface area contributed by atoms with Crippen LogP contribution in [0.1, 0.15) is 22.7 Å². The molecule has 0 aliphatic carbocycles. The molecule has 37 heavy (non-hydrogen) atoms. The molecule has 3 aromatic carbocycles. The number of halogens is 2. The number of thioether (sulfide) groups is 1. The van der Waals surface area contributed by atoms with Crippen molar-refractivity contribution in [1.82, 2.24) is 4.90 Å². The summed E-state index contributed by atoms with van der Waals surface area (Å²) in [4.78, 5) is 27.7. The molecule has 3 aromatic rings. The minimum absolute atomic E-state index is 0.268. The maximum absolute atomic E-state index is 13.4. The number of benzene rings is 3. The fourth-order valence-electron chi connectivity index (χ4n) is 3.69. The second kappa shape index (κ2) is 12.1. The summed E-state index contributed by atoms with van der Waals surface area (Å²) in [5.74, 6) is 0.0570. The summed E-state index contributed by atoms with van der Waals surface area (Å²) in [6.07, 6.45) is 1.70. The van der Waals surface area contributed by atoms with Crippen LogP contribution in [0.3, 0.4) is 0 Å². The molecule has 0 N–H and O–H groups in total. The Balaban J connectivity index is 1.60. The molecule has 1 saturated heterocycles. The van der Waals surface area contributed by atoms with Gasteiger partial charge in [0.15, 0.2) is 17.5 Å². The van der Waals surface area contributed by atoms with E-state index in [4.69, 9.17) is 38.0 Å². The van der Waals surface area contributed by atoms with Crippen molar-refractivity contribution in [3.05, 3.63) is 97.8 Å². The van der Waals surface area contributed by atoms with Gasteiger partial charge in [-0.3, -0.25) is 9.69 Å². The van der Waals surface area contributed by atoms with E-state index in [1.165, 1.54) is 12.0 Å². The van der Waals surface area contributed by atoms with Crippen LogP contribution in [0.4, 0.5) is 0 Å². The van der Waals surface area contributed by atoms with Gasteiger partial charge in [0.05, 0.1) is 23.6 Å². The first-order valence-corrected chi connectivity index (χ1v) is 13.4. The van der Waals surface area contributed by atoms with Gasteiger partial charge >= 0.3 is 5.97 Å². The smallest absolute Gasteiger partial charge is 0.333 e. The van der Waals surface area contributed by atoms with Crippen molar-refractivity contribution in [2.45, 2.75) is 12.6 Å². The highest BCUT2D eigenvalue weighted by Crippen LogP contribution is 2.41. The Morgan fingerprint density at radius 1 is 1.14 bits per heavy atom. The molecule has 10 heteroatoms. The van der Waals surface area contributed by atoms with Crippen LogP contribution in [0.15, 0.2) is 76.1 Å². The van der Waals surface area contributed by atoms with Gasteiger partial charge in [-0.2, -0.15) is 0 Å². The van der Waals surface area contributed by atoms with Crippen molar-refractivity contribution in [3.63, 3.8) is 0 Å². The van der Waals surface area contributed by atoms with Gasteiger partial charge in [0, 0.05) is 5.02 Å². The summed E-state index contributed by atoms with van der Waals surface area (Å²) in [7, 11) is 2.83. The molecular formula is C27H21BrClNO5S2. The topological polar surface area (TPSA) is 65.1 Å². The zero-order valence-electron chi connectivity index (χ0n) is 19.8. The molecule has 190 valence electrons. The van der Waals surface area contributed by atoms with Gasteiger partial charge in [-0.05, 0) is 63.0 Å². The average molecular weight is 619 g/mol. The molecule has 1 atom stereocenters. The first kappa shape index (κ1) is 27.2. The van der Waals surface area contributed by atoms with E-state index in [1.807, 2.05) is 24.3 Å². The van der Waals surface area contributed by atoms with E-state index in [1.54, 1.807) is 55.7 Å². The Hall–Kier alpha value is -2.85. The molecule has 0 spiro atoms. The number of carbonyl (C=O) groups is 2. The highest BCUT2D eigenvalue weighted by Gasteiger charge is 2.41. The first-order chi connectivity index (χ1) is 17.8. The second-order valence-electron chi connectivity index (χ2n) is 7.84. The molecule has 1 aliphatic heterocycles. The molecule has 0 bridgehead atoms.